The molecule has 0 fully saturated rings. The van der Waals surface area contributed by atoms with Gasteiger partial charge in [-0.2, -0.15) is 0 Å². The molecule has 0 N–H and O–H groups in total. The molecule has 2 heterocycles. The summed E-state index contributed by atoms with van der Waals surface area (Å²) in [6.07, 6.45) is 3.62. The molecule has 0 spiro atoms. The number of carbonyl (C=O) groups is 2. The van der Waals surface area contributed by atoms with E-state index in [2.05, 4.69) is 11.9 Å². The van der Waals surface area contributed by atoms with Gasteiger partial charge >= 0.3 is 0 Å². The molecule has 3 aromatic rings. The molecule has 158 valence electrons. The highest BCUT2D eigenvalue weighted by Crippen LogP contribution is 2.46. The summed E-state index contributed by atoms with van der Waals surface area (Å²) in [5, 5.41) is -0.727. The zero-order valence-corrected chi connectivity index (χ0v) is 19.0. The second-order valence-corrected chi connectivity index (χ2v) is 8.43. The topological polar surface area (TPSA) is 50.3 Å². The number of aryl methyl sites for hydroxylation is 1. The van der Waals surface area contributed by atoms with E-state index in [1.54, 1.807) is 12.3 Å². The zero-order valence-electron chi connectivity index (χ0n) is 16.0. The number of hydrogen-bond donors (Lipinski definition) is 0. The van der Waals surface area contributed by atoms with Gasteiger partial charge in [0.05, 0.1) is 42.6 Å². The number of imide groups is 1. The molecular weight excluding hydrogens is 485 g/mol. The molecule has 0 aliphatic carbocycles. The molecule has 1 aromatic heterocycles. The van der Waals surface area contributed by atoms with Gasteiger partial charge in [0.1, 0.15) is 5.82 Å². The first kappa shape index (κ1) is 22.0. The average molecular weight is 498 g/mol. The first-order valence-electron chi connectivity index (χ1n) is 9.25. The van der Waals surface area contributed by atoms with E-state index in [0.29, 0.717) is 16.2 Å². The largest absolute Gasteiger partial charge is 0.268 e. The van der Waals surface area contributed by atoms with Crippen LogP contribution in [-0.2, 0) is 6.42 Å². The molecule has 0 unspecified atom stereocenters. The Hall–Kier alpha value is -2.18. The van der Waals surface area contributed by atoms with Gasteiger partial charge in [-0.25, -0.2) is 9.29 Å². The fourth-order valence-corrected chi connectivity index (χ4v) is 4.46. The van der Waals surface area contributed by atoms with E-state index in [4.69, 9.17) is 46.4 Å². The molecule has 0 atom stereocenters. The Morgan fingerprint density at radius 2 is 1.52 bits per heavy atom. The summed E-state index contributed by atoms with van der Waals surface area (Å²) in [7, 11) is 0. The maximum Gasteiger partial charge on any atom is 0.267 e. The van der Waals surface area contributed by atoms with Crippen molar-refractivity contribution in [2.24, 2.45) is 0 Å². The third-order valence-electron chi connectivity index (χ3n) is 4.95. The third kappa shape index (κ3) is 3.60. The van der Waals surface area contributed by atoms with Gasteiger partial charge in [-0.1, -0.05) is 65.8 Å². The van der Waals surface area contributed by atoms with E-state index < -0.39 is 17.6 Å². The highest BCUT2D eigenvalue weighted by Gasteiger charge is 2.43. The molecule has 9 heteroatoms. The van der Waals surface area contributed by atoms with Crippen molar-refractivity contribution >= 4 is 63.9 Å². The molecule has 0 radical (unpaired) electrons. The first-order chi connectivity index (χ1) is 14.8. The van der Waals surface area contributed by atoms with Gasteiger partial charge in [0.25, 0.3) is 11.8 Å². The lowest BCUT2D eigenvalue weighted by molar-refractivity contribution is 0.0925. The van der Waals surface area contributed by atoms with Crippen LogP contribution < -0.4 is 4.90 Å². The van der Waals surface area contributed by atoms with E-state index in [1.165, 1.54) is 18.2 Å². The quantitative estimate of drug-likeness (QED) is 0.216. The number of pyridine rings is 1. The van der Waals surface area contributed by atoms with E-state index in [1.807, 2.05) is 6.07 Å². The van der Waals surface area contributed by atoms with Crippen molar-refractivity contribution in [2.75, 3.05) is 4.90 Å². The van der Waals surface area contributed by atoms with E-state index in [9.17, 15) is 14.0 Å². The van der Waals surface area contributed by atoms with Crippen LogP contribution in [0, 0.1) is 5.82 Å². The van der Waals surface area contributed by atoms with Crippen molar-refractivity contribution in [3.05, 3.63) is 79.1 Å². The van der Waals surface area contributed by atoms with Crippen LogP contribution in [0.1, 0.15) is 39.6 Å². The predicted molar refractivity (Wildman–Crippen MR) is 121 cm³/mol. The summed E-state index contributed by atoms with van der Waals surface area (Å²) >= 11 is 24.4. The van der Waals surface area contributed by atoms with Crippen LogP contribution in [-0.4, -0.2) is 16.8 Å². The summed E-state index contributed by atoms with van der Waals surface area (Å²) < 4.78 is 14.7. The number of rotatable bonds is 4. The molecule has 2 amide bonds. The second kappa shape index (κ2) is 8.40. The van der Waals surface area contributed by atoms with Crippen molar-refractivity contribution in [2.45, 2.75) is 19.8 Å². The Labute approximate surface area is 197 Å². The van der Waals surface area contributed by atoms with Crippen LogP contribution in [0.25, 0.3) is 11.3 Å². The zero-order chi connectivity index (χ0) is 22.4. The van der Waals surface area contributed by atoms with Crippen LogP contribution in [0.4, 0.5) is 10.1 Å². The lowest BCUT2D eigenvalue weighted by atomic mass is 10.1. The normalized spacial score (nSPS) is 13.2. The Kier molecular flexibility index (Phi) is 5.97. The van der Waals surface area contributed by atoms with Gasteiger partial charge in [0.15, 0.2) is 0 Å². The number of anilines is 1. The van der Waals surface area contributed by atoms with Gasteiger partial charge in [0.2, 0.25) is 0 Å². The Morgan fingerprint density at radius 1 is 0.903 bits per heavy atom. The van der Waals surface area contributed by atoms with Crippen molar-refractivity contribution in [1.29, 1.82) is 0 Å². The number of hydrogen-bond acceptors (Lipinski definition) is 3. The fraction of sp³-hybridized carbons (Fsp3) is 0.136. The van der Waals surface area contributed by atoms with Crippen LogP contribution >= 0.6 is 46.4 Å². The SMILES string of the molecule is CCCc1ccc(-c2ccc(F)c(N3C(=O)c4c(Cl)c(Cl)c(Cl)c(Cl)c4C3=O)c2)nc1. The van der Waals surface area contributed by atoms with Crippen molar-refractivity contribution < 1.29 is 14.0 Å². The summed E-state index contributed by atoms with van der Waals surface area (Å²) in [6.45, 7) is 2.07. The lowest BCUT2D eigenvalue weighted by Crippen LogP contribution is -2.30. The molecule has 1 aliphatic heterocycles. The molecule has 4 rings (SSSR count). The lowest BCUT2D eigenvalue weighted by Gasteiger charge is -2.16. The summed E-state index contributed by atoms with van der Waals surface area (Å²) in [5.41, 5.74) is 1.51. The molecule has 0 saturated heterocycles. The highest BCUT2D eigenvalue weighted by atomic mass is 35.5. The first-order valence-corrected chi connectivity index (χ1v) is 10.8. The van der Waals surface area contributed by atoms with E-state index >= 15 is 0 Å². The summed E-state index contributed by atoms with van der Waals surface area (Å²) in [4.78, 5) is 31.2. The van der Waals surface area contributed by atoms with E-state index in [-0.39, 0.29) is 36.9 Å². The van der Waals surface area contributed by atoms with Gasteiger partial charge in [-0.3, -0.25) is 14.6 Å². The van der Waals surface area contributed by atoms with Crippen molar-refractivity contribution in [3.8, 4) is 11.3 Å². The third-order valence-corrected chi connectivity index (χ3v) is 6.75. The van der Waals surface area contributed by atoms with Crippen LogP contribution in [0.2, 0.25) is 20.1 Å². The molecule has 1 aliphatic rings. The fourth-order valence-electron chi connectivity index (χ4n) is 3.44. The van der Waals surface area contributed by atoms with Crippen LogP contribution in [0.15, 0.2) is 36.5 Å². The maximum atomic E-state index is 14.7. The minimum Gasteiger partial charge on any atom is -0.268 e. The minimum absolute atomic E-state index is 0.152. The van der Waals surface area contributed by atoms with Gasteiger partial charge < -0.3 is 0 Å². The highest BCUT2D eigenvalue weighted by molar-refractivity contribution is 6.56. The van der Waals surface area contributed by atoms with Gasteiger partial charge in [-0.05, 0) is 36.2 Å². The molecular formula is C22H13Cl4FN2O2. The Morgan fingerprint density at radius 3 is 2.03 bits per heavy atom. The number of nitrogens with zero attached hydrogens (tertiary/aromatic N) is 2. The maximum absolute atomic E-state index is 14.7. The molecule has 4 nitrogen and oxygen atoms in total. The van der Waals surface area contributed by atoms with Crippen LogP contribution in [0.5, 0.6) is 0 Å². The number of amides is 2. The smallest absolute Gasteiger partial charge is 0.267 e. The molecule has 31 heavy (non-hydrogen) atoms. The molecule has 0 saturated carbocycles. The summed E-state index contributed by atoms with van der Waals surface area (Å²) in [6, 6.07) is 7.80. The van der Waals surface area contributed by atoms with Gasteiger partial charge in [-0.15, -0.1) is 0 Å². The monoisotopic (exact) mass is 496 g/mol. The second-order valence-electron chi connectivity index (χ2n) is 6.92. The number of carbonyl (C=O) groups excluding carboxylic acids is 2. The van der Waals surface area contributed by atoms with Crippen molar-refractivity contribution in [3.63, 3.8) is 0 Å². The standard InChI is InChI=1S/C22H13Cl4FN2O2/c1-2-3-10-4-7-13(28-9-10)11-5-6-12(27)14(8-11)29-21(30)15-16(22(29)31)18(24)20(26)19(25)17(15)23/h4-9H,2-3H2,1H3. The Bertz CT molecular complexity index is 1200. The number of halogens is 5. The predicted octanol–water partition coefficient (Wildman–Crippen LogP) is 7.25. The molecule has 2 aromatic carbocycles. The Balaban J connectivity index is 1.81. The summed E-state index contributed by atoms with van der Waals surface area (Å²) in [5.74, 6) is -2.45. The average Bonchev–Trinajstić information content (AvgIpc) is 3.02. The molecule has 0 bridgehead atoms. The van der Waals surface area contributed by atoms with Crippen molar-refractivity contribution in [1.82, 2.24) is 4.98 Å². The number of aromatic nitrogens is 1. The number of fused-ring (bicyclic) bond motifs is 1. The van der Waals surface area contributed by atoms with Crippen LogP contribution in [0.3, 0.4) is 0 Å². The van der Waals surface area contributed by atoms with E-state index in [0.717, 1.165) is 18.4 Å². The number of benzene rings is 2. The van der Waals surface area contributed by atoms with Gasteiger partial charge in [0, 0.05) is 11.8 Å². The minimum atomic E-state index is -0.840.